The lowest BCUT2D eigenvalue weighted by Gasteiger charge is -2.36. The number of hydrogen-bond acceptors (Lipinski definition) is 2. The normalized spacial score (nSPS) is 22.3. The molecule has 1 aliphatic rings. The Morgan fingerprint density at radius 2 is 1.94 bits per heavy atom. The van der Waals surface area contributed by atoms with E-state index >= 15 is 0 Å². The van der Waals surface area contributed by atoms with Crippen molar-refractivity contribution in [1.29, 1.82) is 0 Å². The SMILES string of the molecule is CC(C)Cn1cc(C2(N)CCC(F)(F)CC2)cn1. The number of nitrogens with zero attached hydrogens (tertiary/aromatic N) is 2. The molecule has 3 nitrogen and oxygen atoms in total. The molecule has 1 aromatic heterocycles. The van der Waals surface area contributed by atoms with Gasteiger partial charge in [0.05, 0.1) is 6.20 Å². The van der Waals surface area contributed by atoms with Gasteiger partial charge in [0, 0.05) is 36.7 Å². The summed E-state index contributed by atoms with van der Waals surface area (Å²) in [4.78, 5) is 0. The van der Waals surface area contributed by atoms with E-state index in [2.05, 4.69) is 18.9 Å². The Labute approximate surface area is 106 Å². The molecule has 1 saturated carbocycles. The fourth-order valence-corrected chi connectivity index (χ4v) is 2.45. The molecule has 0 bridgehead atoms. The van der Waals surface area contributed by atoms with Crippen LogP contribution in [0.25, 0.3) is 0 Å². The first kappa shape index (κ1) is 13.5. The highest BCUT2D eigenvalue weighted by atomic mass is 19.3. The van der Waals surface area contributed by atoms with Crippen molar-refractivity contribution in [2.24, 2.45) is 11.7 Å². The van der Waals surface area contributed by atoms with E-state index in [4.69, 9.17) is 5.73 Å². The summed E-state index contributed by atoms with van der Waals surface area (Å²) in [6, 6.07) is 0. The first-order chi connectivity index (χ1) is 8.31. The predicted octanol–water partition coefficient (Wildman–Crippen LogP) is 2.90. The minimum atomic E-state index is -2.54. The predicted molar refractivity (Wildman–Crippen MR) is 66.3 cm³/mol. The molecule has 1 aliphatic carbocycles. The third-order valence-corrected chi connectivity index (χ3v) is 3.63. The fraction of sp³-hybridized carbons (Fsp3) is 0.769. The molecule has 1 aromatic rings. The van der Waals surface area contributed by atoms with Gasteiger partial charge < -0.3 is 5.73 Å². The van der Waals surface area contributed by atoms with Gasteiger partial charge in [0.2, 0.25) is 5.92 Å². The Bertz CT molecular complexity index is 402. The molecule has 0 atom stereocenters. The van der Waals surface area contributed by atoms with Crippen molar-refractivity contribution in [3.05, 3.63) is 18.0 Å². The van der Waals surface area contributed by atoms with Gasteiger partial charge in [-0.3, -0.25) is 4.68 Å². The highest BCUT2D eigenvalue weighted by Gasteiger charge is 2.42. The van der Waals surface area contributed by atoms with Crippen molar-refractivity contribution in [1.82, 2.24) is 9.78 Å². The van der Waals surface area contributed by atoms with E-state index in [0.717, 1.165) is 12.1 Å². The van der Waals surface area contributed by atoms with Crippen LogP contribution in [-0.2, 0) is 12.1 Å². The molecule has 0 aromatic carbocycles. The van der Waals surface area contributed by atoms with Gasteiger partial charge in [-0.2, -0.15) is 5.10 Å². The second-order valence-electron chi connectivity index (χ2n) is 5.86. The zero-order valence-corrected chi connectivity index (χ0v) is 11.0. The lowest BCUT2D eigenvalue weighted by atomic mass is 9.77. The molecule has 102 valence electrons. The molecule has 2 N–H and O–H groups in total. The third-order valence-electron chi connectivity index (χ3n) is 3.63. The van der Waals surface area contributed by atoms with Crippen LogP contribution in [0, 0.1) is 5.92 Å². The van der Waals surface area contributed by atoms with Gasteiger partial charge in [0.1, 0.15) is 0 Å². The first-order valence-electron chi connectivity index (χ1n) is 6.50. The molecule has 2 rings (SSSR count). The lowest BCUT2D eigenvalue weighted by Crippen LogP contribution is -2.43. The van der Waals surface area contributed by atoms with Crippen LogP contribution in [0.1, 0.15) is 45.1 Å². The fourth-order valence-electron chi connectivity index (χ4n) is 2.45. The molecular weight excluding hydrogens is 236 g/mol. The van der Waals surface area contributed by atoms with Gasteiger partial charge in [-0.05, 0) is 18.8 Å². The van der Waals surface area contributed by atoms with Crippen molar-refractivity contribution in [3.63, 3.8) is 0 Å². The molecule has 0 unspecified atom stereocenters. The maximum atomic E-state index is 13.2. The van der Waals surface area contributed by atoms with Crippen LogP contribution in [0.4, 0.5) is 8.78 Å². The third kappa shape index (κ3) is 2.88. The molecule has 0 amide bonds. The quantitative estimate of drug-likeness (QED) is 0.904. The zero-order chi connectivity index (χ0) is 13.4. The molecule has 0 aliphatic heterocycles. The molecule has 1 fully saturated rings. The van der Waals surface area contributed by atoms with Gasteiger partial charge in [0.25, 0.3) is 0 Å². The van der Waals surface area contributed by atoms with Crippen molar-refractivity contribution < 1.29 is 8.78 Å². The van der Waals surface area contributed by atoms with E-state index in [0.29, 0.717) is 18.8 Å². The van der Waals surface area contributed by atoms with Crippen LogP contribution in [0.15, 0.2) is 12.4 Å². The van der Waals surface area contributed by atoms with Crippen LogP contribution < -0.4 is 5.73 Å². The summed E-state index contributed by atoms with van der Waals surface area (Å²) in [7, 11) is 0. The van der Waals surface area contributed by atoms with E-state index in [-0.39, 0.29) is 12.8 Å². The highest BCUT2D eigenvalue weighted by Crippen LogP contribution is 2.42. The number of nitrogens with two attached hydrogens (primary N) is 1. The molecule has 18 heavy (non-hydrogen) atoms. The smallest absolute Gasteiger partial charge is 0.248 e. The lowest BCUT2D eigenvalue weighted by molar-refractivity contribution is -0.0514. The number of halogens is 2. The van der Waals surface area contributed by atoms with Crippen molar-refractivity contribution >= 4 is 0 Å². The summed E-state index contributed by atoms with van der Waals surface area (Å²) in [6.45, 7) is 5.05. The number of alkyl halides is 2. The summed E-state index contributed by atoms with van der Waals surface area (Å²) in [5, 5.41) is 4.26. The Morgan fingerprint density at radius 3 is 2.50 bits per heavy atom. The summed E-state index contributed by atoms with van der Waals surface area (Å²) < 4.78 is 28.2. The molecule has 0 saturated heterocycles. The number of hydrogen-bond donors (Lipinski definition) is 1. The van der Waals surface area contributed by atoms with Crippen LogP contribution in [-0.4, -0.2) is 15.7 Å². The zero-order valence-electron chi connectivity index (χ0n) is 11.0. The van der Waals surface area contributed by atoms with E-state index in [1.54, 1.807) is 6.20 Å². The van der Waals surface area contributed by atoms with E-state index in [1.165, 1.54) is 0 Å². The average Bonchev–Trinajstić information content (AvgIpc) is 2.71. The van der Waals surface area contributed by atoms with Gasteiger partial charge in [0.15, 0.2) is 0 Å². The molecule has 5 heteroatoms. The van der Waals surface area contributed by atoms with Gasteiger partial charge >= 0.3 is 0 Å². The Balaban J connectivity index is 2.09. The van der Waals surface area contributed by atoms with Crippen LogP contribution in [0.2, 0.25) is 0 Å². The van der Waals surface area contributed by atoms with Crippen LogP contribution in [0.5, 0.6) is 0 Å². The van der Waals surface area contributed by atoms with Gasteiger partial charge in [-0.1, -0.05) is 13.8 Å². The minimum Gasteiger partial charge on any atom is -0.321 e. The maximum absolute atomic E-state index is 13.2. The Kier molecular flexibility index (Phi) is 3.45. The Morgan fingerprint density at radius 1 is 1.33 bits per heavy atom. The summed E-state index contributed by atoms with van der Waals surface area (Å²) in [5.41, 5.74) is 6.52. The Hall–Kier alpha value is -0.970. The van der Waals surface area contributed by atoms with Crippen molar-refractivity contribution in [2.45, 2.75) is 57.5 Å². The van der Waals surface area contributed by atoms with Gasteiger partial charge in [-0.15, -0.1) is 0 Å². The van der Waals surface area contributed by atoms with E-state index in [1.807, 2.05) is 10.9 Å². The standard InChI is InChI=1S/C13H21F2N3/c1-10(2)8-18-9-11(7-17-18)12(16)3-5-13(14,15)6-4-12/h7,9-10H,3-6,8,16H2,1-2H3. The van der Waals surface area contributed by atoms with E-state index < -0.39 is 11.5 Å². The van der Waals surface area contributed by atoms with Crippen LogP contribution in [0.3, 0.4) is 0 Å². The molecule has 0 spiro atoms. The maximum Gasteiger partial charge on any atom is 0.248 e. The monoisotopic (exact) mass is 257 g/mol. The molecular formula is C13H21F2N3. The summed E-state index contributed by atoms with van der Waals surface area (Å²) in [5.74, 6) is -2.04. The topological polar surface area (TPSA) is 43.8 Å². The number of rotatable bonds is 3. The second-order valence-corrected chi connectivity index (χ2v) is 5.86. The molecule has 1 heterocycles. The minimum absolute atomic E-state index is 0.126. The summed E-state index contributed by atoms with van der Waals surface area (Å²) in [6.07, 6.45) is 4.04. The van der Waals surface area contributed by atoms with Crippen LogP contribution >= 0.6 is 0 Å². The average molecular weight is 257 g/mol. The molecule has 0 radical (unpaired) electrons. The van der Waals surface area contributed by atoms with Crippen molar-refractivity contribution in [3.8, 4) is 0 Å². The van der Waals surface area contributed by atoms with Crippen molar-refractivity contribution in [2.75, 3.05) is 0 Å². The number of aromatic nitrogens is 2. The van der Waals surface area contributed by atoms with Gasteiger partial charge in [-0.25, -0.2) is 8.78 Å². The first-order valence-corrected chi connectivity index (χ1v) is 6.50. The second kappa shape index (κ2) is 4.61. The summed E-state index contributed by atoms with van der Waals surface area (Å²) >= 11 is 0. The largest absolute Gasteiger partial charge is 0.321 e. The van der Waals surface area contributed by atoms with E-state index in [9.17, 15) is 8.78 Å². The highest BCUT2D eigenvalue weighted by molar-refractivity contribution is 5.19.